The SMILES string of the molecule is C#CC(C)(C)NC(C)C(=O)NCCC. The number of carbonyl (C=O) groups is 1. The van der Waals surface area contributed by atoms with Gasteiger partial charge in [-0.3, -0.25) is 10.1 Å². The molecule has 1 unspecified atom stereocenters. The molecule has 3 nitrogen and oxygen atoms in total. The standard InChI is InChI=1S/C11H20N2O/c1-6-8-12-10(14)9(3)13-11(4,5)7-2/h2,9,13H,6,8H2,1,3-5H3,(H,12,14). The van der Waals surface area contributed by atoms with E-state index in [1.165, 1.54) is 0 Å². The lowest BCUT2D eigenvalue weighted by Gasteiger charge is -2.24. The summed E-state index contributed by atoms with van der Waals surface area (Å²) in [5.74, 6) is 2.59. The highest BCUT2D eigenvalue weighted by Gasteiger charge is 2.20. The molecule has 0 fully saturated rings. The molecule has 0 aromatic carbocycles. The molecule has 2 N–H and O–H groups in total. The first kappa shape index (κ1) is 13.0. The van der Waals surface area contributed by atoms with Gasteiger partial charge in [0.2, 0.25) is 5.91 Å². The van der Waals surface area contributed by atoms with Crippen LogP contribution in [0.25, 0.3) is 0 Å². The zero-order valence-corrected chi connectivity index (χ0v) is 9.48. The van der Waals surface area contributed by atoms with Crippen LogP contribution in [0.15, 0.2) is 0 Å². The Morgan fingerprint density at radius 1 is 1.57 bits per heavy atom. The van der Waals surface area contributed by atoms with E-state index < -0.39 is 5.54 Å². The van der Waals surface area contributed by atoms with Gasteiger partial charge in [-0.15, -0.1) is 6.42 Å². The minimum absolute atomic E-state index is 0.00447. The molecule has 0 heterocycles. The Balaban J connectivity index is 4.03. The molecule has 0 aromatic rings. The number of hydrogen-bond acceptors (Lipinski definition) is 2. The topological polar surface area (TPSA) is 41.1 Å². The summed E-state index contributed by atoms with van der Waals surface area (Å²) in [6, 6.07) is -0.257. The molecule has 0 aliphatic heterocycles. The van der Waals surface area contributed by atoms with Gasteiger partial charge in [-0.1, -0.05) is 12.8 Å². The number of nitrogens with one attached hydrogen (secondary N) is 2. The van der Waals surface area contributed by atoms with Gasteiger partial charge in [-0.05, 0) is 27.2 Å². The molecule has 0 aliphatic carbocycles. The van der Waals surface area contributed by atoms with E-state index in [1.54, 1.807) is 0 Å². The Morgan fingerprint density at radius 3 is 2.57 bits per heavy atom. The normalized spacial score (nSPS) is 13.1. The second-order valence-corrected chi connectivity index (χ2v) is 3.93. The van der Waals surface area contributed by atoms with Crippen molar-refractivity contribution in [3.63, 3.8) is 0 Å². The molecule has 0 saturated heterocycles. The second kappa shape index (κ2) is 5.66. The molecule has 0 aromatic heterocycles. The molecule has 0 bridgehead atoms. The number of amides is 1. The molecule has 0 rings (SSSR count). The molecule has 1 atom stereocenters. The van der Waals surface area contributed by atoms with E-state index in [0.717, 1.165) is 6.42 Å². The van der Waals surface area contributed by atoms with Crippen molar-refractivity contribution in [3.05, 3.63) is 0 Å². The monoisotopic (exact) mass is 196 g/mol. The van der Waals surface area contributed by atoms with Gasteiger partial charge in [-0.25, -0.2) is 0 Å². The minimum Gasteiger partial charge on any atom is -0.355 e. The van der Waals surface area contributed by atoms with Crippen molar-refractivity contribution in [1.82, 2.24) is 10.6 Å². The van der Waals surface area contributed by atoms with Crippen molar-refractivity contribution in [3.8, 4) is 12.3 Å². The van der Waals surface area contributed by atoms with E-state index >= 15 is 0 Å². The average molecular weight is 196 g/mol. The quantitative estimate of drug-likeness (QED) is 0.642. The van der Waals surface area contributed by atoms with Crippen LogP contribution in [-0.2, 0) is 4.79 Å². The van der Waals surface area contributed by atoms with Crippen LogP contribution in [0, 0.1) is 12.3 Å². The van der Waals surface area contributed by atoms with Gasteiger partial charge in [-0.2, -0.15) is 0 Å². The van der Waals surface area contributed by atoms with Gasteiger partial charge in [0.05, 0.1) is 11.6 Å². The molecule has 0 spiro atoms. The van der Waals surface area contributed by atoms with Gasteiger partial charge in [0.1, 0.15) is 0 Å². The van der Waals surface area contributed by atoms with E-state index in [9.17, 15) is 4.79 Å². The predicted molar refractivity (Wildman–Crippen MR) is 58.8 cm³/mol. The fourth-order valence-corrected chi connectivity index (χ4v) is 1.05. The number of rotatable bonds is 5. The third-order valence-electron chi connectivity index (χ3n) is 1.88. The summed E-state index contributed by atoms with van der Waals surface area (Å²) >= 11 is 0. The maximum absolute atomic E-state index is 11.5. The van der Waals surface area contributed by atoms with Crippen LogP contribution in [0.5, 0.6) is 0 Å². The van der Waals surface area contributed by atoms with Gasteiger partial charge >= 0.3 is 0 Å². The third-order valence-corrected chi connectivity index (χ3v) is 1.88. The van der Waals surface area contributed by atoms with Crippen molar-refractivity contribution in [1.29, 1.82) is 0 Å². The second-order valence-electron chi connectivity index (χ2n) is 3.93. The van der Waals surface area contributed by atoms with Crippen LogP contribution in [-0.4, -0.2) is 24.0 Å². The summed E-state index contributed by atoms with van der Waals surface area (Å²) in [5, 5.41) is 5.88. The van der Waals surface area contributed by atoms with Crippen LogP contribution in [0.1, 0.15) is 34.1 Å². The lowest BCUT2D eigenvalue weighted by Crippen LogP contribution is -2.50. The summed E-state index contributed by atoms with van der Waals surface area (Å²) in [4.78, 5) is 11.5. The van der Waals surface area contributed by atoms with Crippen molar-refractivity contribution < 1.29 is 4.79 Å². The number of hydrogen-bond donors (Lipinski definition) is 2. The Kier molecular flexibility index (Phi) is 5.26. The van der Waals surface area contributed by atoms with Crippen molar-refractivity contribution >= 4 is 5.91 Å². The smallest absolute Gasteiger partial charge is 0.236 e. The average Bonchev–Trinajstić information content (AvgIpc) is 2.13. The molecule has 3 heteroatoms. The molecule has 0 saturated carbocycles. The van der Waals surface area contributed by atoms with Crippen LogP contribution in [0.2, 0.25) is 0 Å². The molecule has 0 aliphatic rings. The van der Waals surface area contributed by atoms with Crippen LogP contribution >= 0.6 is 0 Å². The van der Waals surface area contributed by atoms with E-state index in [2.05, 4.69) is 16.6 Å². The zero-order valence-electron chi connectivity index (χ0n) is 9.48. The Hall–Kier alpha value is -1.01. The maximum atomic E-state index is 11.5. The molecule has 1 amide bonds. The Bertz CT molecular complexity index is 228. The van der Waals surface area contributed by atoms with E-state index in [4.69, 9.17) is 6.42 Å². The first-order valence-corrected chi connectivity index (χ1v) is 4.96. The lowest BCUT2D eigenvalue weighted by atomic mass is 10.1. The highest BCUT2D eigenvalue weighted by atomic mass is 16.2. The fraction of sp³-hybridized carbons (Fsp3) is 0.727. The summed E-state index contributed by atoms with van der Waals surface area (Å²) < 4.78 is 0. The third kappa shape index (κ3) is 4.88. The molecule has 80 valence electrons. The summed E-state index contributed by atoms with van der Waals surface area (Å²) in [6.07, 6.45) is 6.25. The van der Waals surface area contributed by atoms with Gasteiger partial charge < -0.3 is 5.32 Å². The highest BCUT2D eigenvalue weighted by Crippen LogP contribution is 2.01. The van der Waals surface area contributed by atoms with Crippen molar-refractivity contribution in [2.75, 3.05) is 6.54 Å². The first-order chi connectivity index (χ1) is 6.43. The molecule has 0 radical (unpaired) electrons. The molecule has 14 heavy (non-hydrogen) atoms. The van der Waals surface area contributed by atoms with E-state index in [-0.39, 0.29) is 11.9 Å². The van der Waals surface area contributed by atoms with Crippen molar-refractivity contribution in [2.45, 2.75) is 45.7 Å². The minimum atomic E-state index is -0.441. The predicted octanol–water partition coefficient (Wildman–Crippen LogP) is 0.902. The Morgan fingerprint density at radius 2 is 2.14 bits per heavy atom. The largest absolute Gasteiger partial charge is 0.355 e. The summed E-state index contributed by atoms with van der Waals surface area (Å²) in [7, 11) is 0. The Labute approximate surface area is 86.6 Å². The number of carbonyl (C=O) groups excluding carboxylic acids is 1. The summed E-state index contributed by atoms with van der Waals surface area (Å²) in [6.45, 7) is 8.28. The van der Waals surface area contributed by atoms with Crippen LogP contribution in [0.4, 0.5) is 0 Å². The molecular formula is C11H20N2O. The van der Waals surface area contributed by atoms with Crippen LogP contribution < -0.4 is 10.6 Å². The fourth-order valence-electron chi connectivity index (χ4n) is 1.05. The van der Waals surface area contributed by atoms with E-state index in [0.29, 0.717) is 6.54 Å². The van der Waals surface area contributed by atoms with Gasteiger partial charge in [0.15, 0.2) is 0 Å². The van der Waals surface area contributed by atoms with Gasteiger partial charge in [0, 0.05) is 6.54 Å². The lowest BCUT2D eigenvalue weighted by molar-refractivity contribution is -0.123. The first-order valence-electron chi connectivity index (χ1n) is 4.96. The molecular weight excluding hydrogens is 176 g/mol. The van der Waals surface area contributed by atoms with Crippen molar-refractivity contribution in [2.24, 2.45) is 0 Å². The van der Waals surface area contributed by atoms with Gasteiger partial charge in [0.25, 0.3) is 0 Å². The van der Waals surface area contributed by atoms with E-state index in [1.807, 2.05) is 27.7 Å². The maximum Gasteiger partial charge on any atom is 0.236 e. The summed E-state index contributed by atoms with van der Waals surface area (Å²) in [5.41, 5.74) is -0.441. The number of terminal acetylenes is 1. The highest BCUT2D eigenvalue weighted by molar-refractivity contribution is 5.81. The van der Waals surface area contributed by atoms with Crippen LogP contribution in [0.3, 0.4) is 0 Å². The zero-order chi connectivity index (χ0) is 11.2.